The van der Waals surface area contributed by atoms with Gasteiger partial charge in [0.05, 0.1) is 16.7 Å². The van der Waals surface area contributed by atoms with Crippen molar-refractivity contribution in [1.29, 1.82) is 0 Å². The zero-order chi connectivity index (χ0) is 15.0. The molecule has 0 bridgehead atoms. The number of aryl methyl sites for hydroxylation is 1. The van der Waals surface area contributed by atoms with E-state index in [0.717, 1.165) is 40.1 Å². The van der Waals surface area contributed by atoms with Gasteiger partial charge in [-0.2, -0.15) is 0 Å². The Bertz CT molecular complexity index is 826. The first kappa shape index (κ1) is 13.6. The topological polar surface area (TPSA) is 49.0 Å². The lowest BCUT2D eigenvalue weighted by atomic mass is 10.1. The average molecular weight is 300 g/mol. The van der Waals surface area contributed by atoms with Crippen molar-refractivity contribution in [3.8, 4) is 11.4 Å². The highest BCUT2D eigenvalue weighted by Gasteiger charge is 2.13. The molecule has 0 spiro atoms. The van der Waals surface area contributed by atoms with E-state index in [-0.39, 0.29) is 0 Å². The number of H-pyrrole nitrogens is 1. The molecule has 5 heteroatoms. The van der Waals surface area contributed by atoms with Gasteiger partial charge in [0, 0.05) is 17.6 Å². The summed E-state index contributed by atoms with van der Waals surface area (Å²) in [5.74, 6) is 0.722. The van der Waals surface area contributed by atoms with Gasteiger partial charge in [0.1, 0.15) is 5.82 Å². The SMILES string of the molecule is Cc1ccc(N(C)C=O)c(-c2nc3ccc(Cl)cc3[nH]2)c1. The standard InChI is InChI=1S/C16H14ClN3O/c1-10-3-6-15(20(2)9-21)12(7-10)16-18-13-5-4-11(17)8-14(13)19-16/h3-9H,1-2H3,(H,18,19). The van der Waals surface area contributed by atoms with Gasteiger partial charge in [-0.3, -0.25) is 4.79 Å². The van der Waals surface area contributed by atoms with Crippen LogP contribution in [0.1, 0.15) is 5.56 Å². The number of rotatable bonds is 3. The maximum atomic E-state index is 11.1. The van der Waals surface area contributed by atoms with E-state index >= 15 is 0 Å². The molecule has 1 amide bonds. The van der Waals surface area contributed by atoms with Crippen LogP contribution in [0.4, 0.5) is 5.69 Å². The van der Waals surface area contributed by atoms with E-state index in [9.17, 15) is 4.79 Å². The van der Waals surface area contributed by atoms with Crippen molar-refractivity contribution in [1.82, 2.24) is 9.97 Å². The molecule has 21 heavy (non-hydrogen) atoms. The lowest BCUT2D eigenvalue weighted by molar-refractivity contribution is -0.107. The molecule has 0 radical (unpaired) electrons. The van der Waals surface area contributed by atoms with Crippen LogP contribution in [0.15, 0.2) is 36.4 Å². The molecule has 3 rings (SSSR count). The highest BCUT2D eigenvalue weighted by Crippen LogP contribution is 2.31. The zero-order valence-corrected chi connectivity index (χ0v) is 12.5. The Balaban J connectivity index is 2.21. The number of aromatic nitrogens is 2. The van der Waals surface area contributed by atoms with Gasteiger partial charge in [-0.05, 0) is 37.3 Å². The van der Waals surface area contributed by atoms with Crippen LogP contribution in [0.25, 0.3) is 22.4 Å². The number of fused-ring (bicyclic) bond motifs is 1. The van der Waals surface area contributed by atoms with Gasteiger partial charge in [-0.1, -0.05) is 23.2 Å². The lowest BCUT2D eigenvalue weighted by Gasteiger charge is -2.15. The summed E-state index contributed by atoms with van der Waals surface area (Å²) in [6.07, 6.45) is 0.785. The number of anilines is 1. The number of hydrogen-bond acceptors (Lipinski definition) is 2. The number of nitrogens with zero attached hydrogens (tertiary/aromatic N) is 2. The number of carbonyl (C=O) groups excluding carboxylic acids is 1. The fourth-order valence-electron chi connectivity index (χ4n) is 2.31. The third-order valence-electron chi connectivity index (χ3n) is 3.39. The Hall–Kier alpha value is -2.33. The monoisotopic (exact) mass is 299 g/mol. The van der Waals surface area contributed by atoms with E-state index in [0.29, 0.717) is 5.02 Å². The number of hydrogen-bond donors (Lipinski definition) is 1. The molecule has 0 fully saturated rings. The second-order valence-electron chi connectivity index (χ2n) is 4.98. The largest absolute Gasteiger partial charge is 0.338 e. The second-order valence-corrected chi connectivity index (χ2v) is 5.42. The zero-order valence-electron chi connectivity index (χ0n) is 11.7. The third kappa shape index (κ3) is 2.50. The molecule has 0 saturated carbocycles. The van der Waals surface area contributed by atoms with Crippen LogP contribution < -0.4 is 4.90 Å². The molecular formula is C16H14ClN3O. The minimum atomic E-state index is 0.659. The number of carbonyl (C=O) groups is 1. The minimum Gasteiger partial charge on any atom is -0.338 e. The first-order chi connectivity index (χ1) is 10.1. The van der Waals surface area contributed by atoms with E-state index < -0.39 is 0 Å². The van der Waals surface area contributed by atoms with Crippen LogP contribution in [0, 0.1) is 6.92 Å². The number of nitrogens with one attached hydrogen (secondary N) is 1. The van der Waals surface area contributed by atoms with Gasteiger partial charge < -0.3 is 9.88 Å². The van der Waals surface area contributed by atoms with Crippen molar-refractivity contribution in [2.45, 2.75) is 6.92 Å². The van der Waals surface area contributed by atoms with Crippen LogP contribution in [0.5, 0.6) is 0 Å². The van der Waals surface area contributed by atoms with Crippen LogP contribution >= 0.6 is 11.6 Å². The summed E-state index contributed by atoms with van der Waals surface area (Å²) in [6, 6.07) is 11.4. The molecule has 0 unspecified atom stereocenters. The Morgan fingerprint density at radius 3 is 2.81 bits per heavy atom. The molecule has 0 aliphatic rings. The van der Waals surface area contributed by atoms with Crippen molar-refractivity contribution in [2.24, 2.45) is 0 Å². The Labute approximate surface area is 127 Å². The van der Waals surface area contributed by atoms with Crippen LogP contribution in [0.3, 0.4) is 0 Å². The van der Waals surface area contributed by atoms with Crippen LogP contribution in [0.2, 0.25) is 5.02 Å². The summed E-state index contributed by atoms with van der Waals surface area (Å²) in [4.78, 5) is 20.5. The van der Waals surface area contributed by atoms with E-state index in [1.165, 1.54) is 4.90 Å². The number of halogens is 1. The van der Waals surface area contributed by atoms with E-state index in [4.69, 9.17) is 11.6 Å². The highest BCUT2D eigenvalue weighted by molar-refractivity contribution is 6.31. The summed E-state index contributed by atoms with van der Waals surface area (Å²) in [7, 11) is 1.72. The molecule has 0 aliphatic carbocycles. The predicted octanol–water partition coefficient (Wildman–Crippen LogP) is 3.78. The first-order valence-electron chi connectivity index (χ1n) is 6.53. The normalized spacial score (nSPS) is 10.8. The smallest absolute Gasteiger partial charge is 0.213 e. The van der Waals surface area contributed by atoms with Crippen molar-refractivity contribution < 1.29 is 4.79 Å². The summed E-state index contributed by atoms with van der Waals surface area (Å²) >= 11 is 6.00. The van der Waals surface area contributed by atoms with Crippen LogP contribution in [-0.4, -0.2) is 23.4 Å². The second kappa shape index (κ2) is 5.22. The van der Waals surface area contributed by atoms with Crippen molar-refractivity contribution >= 4 is 34.7 Å². The van der Waals surface area contributed by atoms with Gasteiger partial charge >= 0.3 is 0 Å². The molecule has 4 nitrogen and oxygen atoms in total. The summed E-state index contributed by atoms with van der Waals surface area (Å²) in [6.45, 7) is 2.01. The lowest BCUT2D eigenvalue weighted by Crippen LogP contribution is -2.14. The molecular weight excluding hydrogens is 286 g/mol. The van der Waals surface area contributed by atoms with Gasteiger partial charge in [0.15, 0.2) is 0 Å². The molecule has 2 aromatic carbocycles. The van der Waals surface area contributed by atoms with Gasteiger partial charge in [0.25, 0.3) is 0 Å². The van der Waals surface area contributed by atoms with Crippen LogP contribution in [-0.2, 0) is 4.79 Å². The van der Waals surface area contributed by atoms with Crippen molar-refractivity contribution in [3.05, 3.63) is 47.0 Å². The fraction of sp³-hybridized carbons (Fsp3) is 0.125. The molecule has 0 atom stereocenters. The number of benzene rings is 2. The van der Waals surface area contributed by atoms with Crippen molar-refractivity contribution in [3.63, 3.8) is 0 Å². The molecule has 3 aromatic rings. The molecule has 1 N–H and O–H groups in total. The maximum Gasteiger partial charge on any atom is 0.213 e. The van der Waals surface area contributed by atoms with Gasteiger partial charge in [-0.15, -0.1) is 0 Å². The number of imidazole rings is 1. The molecule has 0 saturated heterocycles. The quantitative estimate of drug-likeness (QED) is 0.748. The molecule has 0 aliphatic heterocycles. The highest BCUT2D eigenvalue weighted by atomic mass is 35.5. The Kier molecular flexibility index (Phi) is 3.39. The Morgan fingerprint density at radius 2 is 2.05 bits per heavy atom. The number of amides is 1. The Morgan fingerprint density at radius 1 is 1.24 bits per heavy atom. The van der Waals surface area contributed by atoms with E-state index in [2.05, 4.69) is 9.97 Å². The van der Waals surface area contributed by atoms with E-state index in [1.807, 2.05) is 43.3 Å². The van der Waals surface area contributed by atoms with Crippen molar-refractivity contribution in [2.75, 3.05) is 11.9 Å². The maximum absolute atomic E-state index is 11.1. The summed E-state index contributed by atoms with van der Waals surface area (Å²) in [5, 5.41) is 0.659. The average Bonchev–Trinajstić information content (AvgIpc) is 2.89. The van der Waals surface area contributed by atoms with Gasteiger partial charge in [0.2, 0.25) is 6.41 Å². The minimum absolute atomic E-state index is 0.659. The fourth-order valence-corrected chi connectivity index (χ4v) is 2.49. The third-order valence-corrected chi connectivity index (χ3v) is 3.62. The van der Waals surface area contributed by atoms with E-state index in [1.54, 1.807) is 7.05 Å². The predicted molar refractivity (Wildman–Crippen MR) is 85.7 cm³/mol. The molecule has 106 valence electrons. The summed E-state index contributed by atoms with van der Waals surface area (Å²) < 4.78 is 0. The molecule has 1 aromatic heterocycles. The molecule has 1 heterocycles. The number of aromatic amines is 1. The van der Waals surface area contributed by atoms with Gasteiger partial charge in [-0.25, -0.2) is 4.98 Å². The summed E-state index contributed by atoms with van der Waals surface area (Å²) in [5.41, 5.74) is 4.51. The first-order valence-corrected chi connectivity index (χ1v) is 6.90.